The average molecular weight is 305 g/mol. The zero-order valence-electron chi connectivity index (χ0n) is 12.5. The van der Waals surface area contributed by atoms with Crippen LogP contribution < -0.4 is 10.1 Å². The molecule has 1 heterocycles. The molecule has 3 nitrogen and oxygen atoms in total. The summed E-state index contributed by atoms with van der Waals surface area (Å²) >= 11 is 6.17. The van der Waals surface area contributed by atoms with E-state index in [0.717, 1.165) is 36.6 Å². The van der Waals surface area contributed by atoms with Crippen molar-refractivity contribution in [3.05, 3.63) is 52.7 Å². The molecular formula is C17H21ClN2O. The van der Waals surface area contributed by atoms with Crippen LogP contribution in [0.25, 0.3) is 0 Å². The van der Waals surface area contributed by atoms with Gasteiger partial charge in [-0.05, 0) is 42.7 Å². The zero-order chi connectivity index (χ0) is 15.1. The normalized spacial score (nSPS) is 10.4. The molecule has 1 aromatic heterocycles. The minimum Gasteiger partial charge on any atom is -0.487 e. The van der Waals surface area contributed by atoms with Gasteiger partial charge in [0.25, 0.3) is 0 Å². The number of hydrogen-bond donors (Lipinski definition) is 1. The third-order valence-corrected chi connectivity index (χ3v) is 3.53. The Balaban J connectivity index is 2.00. The number of pyridine rings is 1. The van der Waals surface area contributed by atoms with E-state index in [1.165, 1.54) is 5.56 Å². The highest BCUT2D eigenvalue weighted by Crippen LogP contribution is 2.20. The third-order valence-electron chi connectivity index (χ3n) is 3.18. The summed E-state index contributed by atoms with van der Waals surface area (Å²) in [6, 6.07) is 11.8. The molecule has 0 fully saturated rings. The largest absolute Gasteiger partial charge is 0.487 e. The van der Waals surface area contributed by atoms with Gasteiger partial charge in [-0.3, -0.25) is 0 Å². The fourth-order valence-corrected chi connectivity index (χ4v) is 2.07. The van der Waals surface area contributed by atoms with Gasteiger partial charge in [-0.25, -0.2) is 4.98 Å². The summed E-state index contributed by atoms with van der Waals surface area (Å²) in [5, 5.41) is 3.88. The first kappa shape index (κ1) is 15.6. The molecule has 2 aromatic rings. The molecule has 0 aliphatic heterocycles. The molecule has 0 radical (unpaired) electrons. The van der Waals surface area contributed by atoms with Gasteiger partial charge in [0.1, 0.15) is 18.2 Å². The SMILES string of the molecule is CCCNc1ccc(Cl)c(COc2ccc(CC)cc2)n1. The Morgan fingerprint density at radius 3 is 2.52 bits per heavy atom. The van der Waals surface area contributed by atoms with E-state index >= 15 is 0 Å². The number of halogens is 1. The van der Waals surface area contributed by atoms with E-state index in [1.807, 2.05) is 24.3 Å². The smallest absolute Gasteiger partial charge is 0.132 e. The number of ether oxygens (including phenoxy) is 1. The van der Waals surface area contributed by atoms with E-state index in [1.54, 1.807) is 0 Å². The first-order valence-electron chi connectivity index (χ1n) is 7.34. The summed E-state index contributed by atoms with van der Waals surface area (Å²) in [5.74, 6) is 1.66. The second-order valence-corrected chi connectivity index (χ2v) is 5.25. The van der Waals surface area contributed by atoms with Crippen LogP contribution in [0.1, 0.15) is 31.5 Å². The molecule has 112 valence electrons. The first-order valence-corrected chi connectivity index (χ1v) is 7.71. The number of rotatable bonds is 7. The third kappa shape index (κ3) is 4.64. The molecule has 0 saturated heterocycles. The number of aryl methyl sites for hydroxylation is 1. The monoisotopic (exact) mass is 304 g/mol. The molecule has 21 heavy (non-hydrogen) atoms. The molecule has 1 N–H and O–H groups in total. The van der Waals surface area contributed by atoms with Crippen molar-refractivity contribution in [1.82, 2.24) is 4.98 Å². The van der Waals surface area contributed by atoms with Crippen LogP contribution >= 0.6 is 11.6 Å². The molecule has 1 aromatic carbocycles. The van der Waals surface area contributed by atoms with E-state index in [-0.39, 0.29) is 0 Å². The molecule has 0 unspecified atom stereocenters. The Morgan fingerprint density at radius 2 is 1.86 bits per heavy atom. The van der Waals surface area contributed by atoms with Gasteiger partial charge in [0.2, 0.25) is 0 Å². The van der Waals surface area contributed by atoms with Gasteiger partial charge < -0.3 is 10.1 Å². The lowest BCUT2D eigenvalue weighted by Gasteiger charge is -2.10. The average Bonchev–Trinajstić information content (AvgIpc) is 2.53. The van der Waals surface area contributed by atoms with Crippen molar-refractivity contribution in [2.75, 3.05) is 11.9 Å². The molecule has 0 aliphatic carbocycles. The van der Waals surface area contributed by atoms with Crippen molar-refractivity contribution in [2.24, 2.45) is 0 Å². The second-order valence-electron chi connectivity index (χ2n) is 4.84. The van der Waals surface area contributed by atoms with Crippen molar-refractivity contribution in [3.8, 4) is 5.75 Å². The molecule has 0 amide bonds. The Hall–Kier alpha value is -1.74. The highest BCUT2D eigenvalue weighted by Gasteiger charge is 2.05. The van der Waals surface area contributed by atoms with Crippen LogP contribution in [0, 0.1) is 0 Å². The predicted octanol–water partition coefficient (Wildman–Crippen LogP) is 4.70. The van der Waals surface area contributed by atoms with Gasteiger partial charge in [-0.2, -0.15) is 0 Å². The zero-order valence-corrected chi connectivity index (χ0v) is 13.3. The van der Waals surface area contributed by atoms with Crippen LogP contribution in [0.3, 0.4) is 0 Å². The molecule has 0 saturated carbocycles. The summed E-state index contributed by atoms with van der Waals surface area (Å²) < 4.78 is 5.76. The van der Waals surface area contributed by atoms with Gasteiger partial charge in [-0.1, -0.05) is 37.6 Å². The molecule has 0 bridgehead atoms. The van der Waals surface area contributed by atoms with Gasteiger partial charge in [-0.15, -0.1) is 0 Å². The van der Waals surface area contributed by atoms with Crippen molar-refractivity contribution >= 4 is 17.4 Å². The molecule has 0 spiro atoms. The van der Waals surface area contributed by atoms with E-state index in [9.17, 15) is 0 Å². The highest BCUT2D eigenvalue weighted by atomic mass is 35.5. The molecule has 0 atom stereocenters. The highest BCUT2D eigenvalue weighted by molar-refractivity contribution is 6.31. The minimum atomic E-state index is 0.367. The lowest BCUT2D eigenvalue weighted by molar-refractivity contribution is 0.301. The van der Waals surface area contributed by atoms with Crippen LogP contribution in [-0.4, -0.2) is 11.5 Å². The summed E-state index contributed by atoms with van der Waals surface area (Å²) in [5.41, 5.74) is 2.04. The maximum Gasteiger partial charge on any atom is 0.132 e. The van der Waals surface area contributed by atoms with Crippen molar-refractivity contribution in [3.63, 3.8) is 0 Å². The first-order chi connectivity index (χ1) is 10.2. The maximum atomic E-state index is 6.17. The number of nitrogens with one attached hydrogen (secondary N) is 1. The van der Waals surface area contributed by atoms with Gasteiger partial charge >= 0.3 is 0 Å². The van der Waals surface area contributed by atoms with Crippen LogP contribution in [0.5, 0.6) is 5.75 Å². The molecule has 0 aliphatic rings. The topological polar surface area (TPSA) is 34.1 Å². The summed E-state index contributed by atoms with van der Waals surface area (Å²) in [6.07, 6.45) is 2.08. The summed E-state index contributed by atoms with van der Waals surface area (Å²) in [6.45, 7) is 5.51. The lowest BCUT2D eigenvalue weighted by atomic mass is 10.2. The predicted molar refractivity (Wildman–Crippen MR) is 88.2 cm³/mol. The quantitative estimate of drug-likeness (QED) is 0.805. The van der Waals surface area contributed by atoms with E-state index in [0.29, 0.717) is 11.6 Å². The molecule has 4 heteroatoms. The number of nitrogens with zero attached hydrogens (tertiary/aromatic N) is 1. The summed E-state index contributed by atoms with van der Waals surface area (Å²) in [7, 11) is 0. The number of anilines is 1. The Bertz CT molecular complexity index is 570. The fourth-order valence-electron chi connectivity index (χ4n) is 1.91. The Morgan fingerprint density at radius 1 is 1.10 bits per heavy atom. The van der Waals surface area contributed by atoms with Gasteiger partial charge in [0, 0.05) is 6.54 Å². The van der Waals surface area contributed by atoms with Crippen LogP contribution in [0.4, 0.5) is 5.82 Å². The van der Waals surface area contributed by atoms with Crippen LogP contribution in [-0.2, 0) is 13.0 Å². The molecule has 2 rings (SSSR count). The number of benzene rings is 1. The Kier molecular flexibility index (Phi) is 5.88. The van der Waals surface area contributed by atoms with E-state index < -0.39 is 0 Å². The minimum absolute atomic E-state index is 0.367. The van der Waals surface area contributed by atoms with Gasteiger partial charge in [0.15, 0.2) is 0 Å². The number of aromatic nitrogens is 1. The van der Waals surface area contributed by atoms with Crippen molar-refractivity contribution < 1.29 is 4.74 Å². The Labute approximate surface area is 131 Å². The number of hydrogen-bond acceptors (Lipinski definition) is 3. The van der Waals surface area contributed by atoms with E-state index in [2.05, 4.69) is 36.3 Å². The fraction of sp³-hybridized carbons (Fsp3) is 0.353. The molecular weight excluding hydrogens is 284 g/mol. The second kappa shape index (κ2) is 7.89. The van der Waals surface area contributed by atoms with Crippen LogP contribution in [0.15, 0.2) is 36.4 Å². The van der Waals surface area contributed by atoms with Gasteiger partial charge in [0.05, 0.1) is 10.7 Å². The van der Waals surface area contributed by atoms with Crippen molar-refractivity contribution in [2.45, 2.75) is 33.3 Å². The van der Waals surface area contributed by atoms with Crippen molar-refractivity contribution in [1.29, 1.82) is 0 Å². The standard InChI is InChI=1S/C17H21ClN2O/c1-3-11-19-17-10-9-15(18)16(20-17)12-21-14-7-5-13(4-2)6-8-14/h5-10H,3-4,11-12H2,1-2H3,(H,19,20). The maximum absolute atomic E-state index is 6.17. The lowest BCUT2D eigenvalue weighted by Crippen LogP contribution is -2.05. The van der Waals surface area contributed by atoms with E-state index in [4.69, 9.17) is 16.3 Å². The van der Waals surface area contributed by atoms with Crippen LogP contribution in [0.2, 0.25) is 5.02 Å². The summed E-state index contributed by atoms with van der Waals surface area (Å²) in [4.78, 5) is 4.49.